The maximum absolute atomic E-state index is 12.8. The van der Waals surface area contributed by atoms with Gasteiger partial charge in [-0.1, -0.05) is 18.4 Å². The highest BCUT2D eigenvalue weighted by Crippen LogP contribution is 2.33. The van der Waals surface area contributed by atoms with E-state index in [2.05, 4.69) is 27.1 Å². The Morgan fingerprint density at radius 1 is 1.35 bits per heavy atom. The van der Waals surface area contributed by atoms with Crippen molar-refractivity contribution < 1.29 is 9.21 Å². The van der Waals surface area contributed by atoms with Gasteiger partial charge >= 0.3 is 6.01 Å². The molecule has 1 aliphatic heterocycles. The highest BCUT2D eigenvalue weighted by molar-refractivity contribution is 5.79. The number of fused-ring (bicyclic) bond motifs is 1. The van der Waals surface area contributed by atoms with E-state index in [0.717, 1.165) is 43.6 Å². The largest absolute Gasteiger partial charge is 0.408 e. The highest BCUT2D eigenvalue weighted by atomic mass is 16.4. The van der Waals surface area contributed by atoms with Gasteiger partial charge in [0, 0.05) is 38.5 Å². The third-order valence-corrected chi connectivity index (χ3v) is 5.71. The zero-order chi connectivity index (χ0) is 18.3. The SMILES string of the molecule is Cc1nnc(N2CCn3ncc(CN(C)C(=O)C4CCCC4C)c3C2)o1. The monoisotopic (exact) mass is 358 g/mol. The van der Waals surface area contributed by atoms with Crippen LogP contribution in [-0.2, 0) is 24.4 Å². The van der Waals surface area contributed by atoms with Crippen molar-refractivity contribution in [1.82, 2.24) is 24.9 Å². The summed E-state index contributed by atoms with van der Waals surface area (Å²) in [5, 5.41) is 12.5. The predicted molar refractivity (Wildman–Crippen MR) is 95.3 cm³/mol. The summed E-state index contributed by atoms with van der Waals surface area (Å²) in [6.07, 6.45) is 5.22. The first kappa shape index (κ1) is 17.1. The summed E-state index contributed by atoms with van der Waals surface area (Å²) in [5.41, 5.74) is 2.21. The van der Waals surface area contributed by atoms with Crippen LogP contribution in [0.25, 0.3) is 0 Å². The Kier molecular flexibility index (Phi) is 4.42. The molecule has 1 fully saturated rings. The lowest BCUT2D eigenvalue weighted by Crippen LogP contribution is -2.36. The van der Waals surface area contributed by atoms with Crippen LogP contribution in [0.2, 0.25) is 0 Å². The van der Waals surface area contributed by atoms with Gasteiger partial charge in [0.05, 0.1) is 25.0 Å². The van der Waals surface area contributed by atoms with Gasteiger partial charge in [0.1, 0.15) is 0 Å². The fourth-order valence-electron chi connectivity index (χ4n) is 4.14. The fourth-order valence-corrected chi connectivity index (χ4v) is 4.14. The summed E-state index contributed by atoms with van der Waals surface area (Å²) >= 11 is 0. The molecule has 0 N–H and O–H groups in total. The molecule has 3 heterocycles. The van der Waals surface area contributed by atoms with E-state index in [9.17, 15) is 4.79 Å². The van der Waals surface area contributed by atoms with E-state index >= 15 is 0 Å². The lowest BCUT2D eigenvalue weighted by Gasteiger charge is -2.28. The van der Waals surface area contributed by atoms with Crippen LogP contribution < -0.4 is 4.90 Å². The molecule has 0 aromatic carbocycles. The number of rotatable bonds is 4. The summed E-state index contributed by atoms with van der Waals surface area (Å²) < 4.78 is 7.58. The van der Waals surface area contributed by atoms with Gasteiger partial charge in [0.25, 0.3) is 0 Å². The first-order valence-corrected chi connectivity index (χ1v) is 9.36. The molecule has 2 aliphatic rings. The van der Waals surface area contributed by atoms with Gasteiger partial charge in [-0.3, -0.25) is 9.48 Å². The average molecular weight is 358 g/mol. The summed E-state index contributed by atoms with van der Waals surface area (Å²) in [5.74, 6) is 1.48. The average Bonchev–Trinajstić information content (AvgIpc) is 3.34. The molecule has 2 unspecified atom stereocenters. The number of anilines is 1. The standard InChI is InChI=1S/C18H26N6O2/c1-12-5-4-6-15(12)17(25)22(3)10-14-9-19-24-8-7-23(11-16(14)24)18-21-20-13(2)26-18/h9,12,15H,4-8,10-11H2,1-3H3. The Bertz CT molecular complexity index is 797. The van der Waals surface area contributed by atoms with E-state index in [1.54, 1.807) is 6.92 Å². The molecule has 8 nitrogen and oxygen atoms in total. The summed E-state index contributed by atoms with van der Waals surface area (Å²) in [6, 6.07) is 0.546. The van der Waals surface area contributed by atoms with Crippen LogP contribution in [0, 0.1) is 18.8 Å². The van der Waals surface area contributed by atoms with Crippen molar-refractivity contribution in [3.63, 3.8) is 0 Å². The third-order valence-electron chi connectivity index (χ3n) is 5.71. The highest BCUT2D eigenvalue weighted by Gasteiger charge is 2.32. The van der Waals surface area contributed by atoms with E-state index in [1.165, 1.54) is 0 Å². The Morgan fingerprint density at radius 2 is 2.19 bits per heavy atom. The maximum atomic E-state index is 12.8. The minimum absolute atomic E-state index is 0.171. The van der Waals surface area contributed by atoms with Crippen molar-refractivity contribution in [2.75, 3.05) is 18.5 Å². The topological polar surface area (TPSA) is 80.3 Å². The second-order valence-corrected chi connectivity index (χ2v) is 7.57. The second kappa shape index (κ2) is 6.74. The summed E-state index contributed by atoms with van der Waals surface area (Å²) in [6.45, 7) is 6.79. The molecular formula is C18H26N6O2. The summed E-state index contributed by atoms with van der Waals surface area (Å²) in [7, 11) is 1.90. The predicted octanol–water partition coefficient (Wildman–Crippen LogP) is 1.99. The molecule has 1 amide bonds. The molecule has 0 saturated heterocycles. The van der Waals surface area contributed by atoms with Gasteiger partial charge in [0.2, 0.25) is 11.8 Å². The number of aromatic nitrogens is 4. The smallest absolute Gasteiger partial charge is 0.318 e. The van der Waals surface area contributed by atoms with Crippen molar-refractivity contribution in [3.05, 3.63) is 23.3 Å². The number of nitrogens with zero attached hydrogens (tertiary/aromatic N) is 6. The van der Waals surface area contributed by atoms with E-state index < -0.39 is 0 Å². The Hall–Kier alpha value is -2.38. The zero-order valence-electron chi connectivity index (χ0n) is 15.7. The van der Waals surface area contributed by atoms with Crippen molar-refractivity contribution in [2.24, 2.45) is 11.8 Å². The molecule has 140 valence electrons. The molecule has 0 radical (unpaired) electrons. The first-order valence-electron chi connectivity index (χ1n) is 9.36. The number of aryl methyl sites for hydroxylation is 1. The van der Waals surface area contributed by atoms with Gasteiger partial charge < -0.3 is 14.2 Å². The normalized spacial score (nSPS) is 22.5. The van der Waals surface area contributed by atoms with Crippen LogP contribution in [-0.4, -0.2) is 44.4 Å². The number of hydrogen-bond acceptors (Lipinski definition) is 6. The molecule has 0 spiro atoms. The van der Waals surface area contributed by atoms with Gasteiger partial charge in [-0.05, 0) is 18.8 Å². The molecule has 26 heavy (non-hydrogen) atoms. The van der Waals surface area contributed by atoms with Gasteiger partial charge in [0.15, 0.2) is 0 Å². The van der Waals surface area contributed by atoms with E-state index in [4.69, 9.17) is 4.42 Å². The van der Waals surface area contributed by atoms with Crippen LogP contribution in [0.4, 0.5) is 6.01 Å². The number of carbonyl (C=O) groups is 1. The van der Waals surface area contributed by atoms with Crippen molar-refractivity contribution in [1.29, 1.82) is 0 Å². The van der Waals surface area contributed by atoms with Crippen molar-refractivity contribution in [2.45, 2.75) is 52.7 Å². The molecule has 4 rings (SSSR count). The lowest BCUT2D eigenvalue weighted by atomic mass is 9.96. The molecule has 2 aromatic rings. The number of hydrogen-bond donors (Lipinski definition) is 0. The Morgan fingerprint density at radius 3 is 2.88 bits per heavy atom. The quantitative estimate of drug-likeness (QED) is 0.831. The number of carbonyl (C=O) groups excluding carboxylic acids is 1. The molecule has 0 bridgehead atoms. The Labute approximate surface area is 153 Å². The van der Waals surface area contributed by atoms with Gasteiger partial charge in [-0.15, -0.1) is 5.10 Å². The lowest BCUT2D eigenvalue weighted by molar-refractivity contribution is -0.135. The van der Waals surface area contributed by atoms with Gasteiger partial charge in [-0.25, -0.2) is 0 Å². The van der Waals surface area contributed by atoms with E-state index in [-0.39, 0.29) is 11.8 Å². The van der Waals surface area contributed by atoms with Gasteiger partial charge in [-0.2, -0.15) is 5.10 Å². The minimum atomic E-state index is 0.171. The molecule has 8 heteroatoms. The van der Waals surface area contributed by atoms with Crippen LogP contribution >= 0.6 is 0 Å². The molecular weight excluding hydrogens is 332 g/mol. The zero-order valence-corrected chi connectivity index (χ0v) is 15.7. The van der Waals surface area contributed by atoms with E-state index in [1.807, 2.05) is 22.8 Å². The number of amides is 1. The molecule has 1 saturated carbocycles. The van der Waals surface area contributed by atoms with Crippen LogP contribution in [0.5, 0.6) is 0 Å². The molecule has 2 atom stereocenters. The fraction of sp³-hybridized carbons (Fsp3) is 0.667. The van der Waals surface area contributed by atoms with Crippen LogP contribution in [0.3, 0.4) is 0 Å². The van der Waals surface area contributed by atoms with Crippen LogP contribution in [0.1, 0.15) is 43.3 Å². The van der Waals surface area contributed by atoms with Crippen molar-refractivity contribution in [3.8, 4) is 0 Å². The Balaban J connectivity index is 1.47. The summed E-state index contributed by atoms with van der Waals surface area (Å²) in [4.78, 5) is 16.7. The minimum Gasteiger partial charge on any atom is -0.408 e. The molecule has 2 aromatic heterocycles. The van der Waals surface area contributed by atoms with Crippen molar-refractivity contribution >= 4 is 11.9 Å². The van der Waals surface area contributed by atoms with Crippen LogP contribution in [0.15, 0.2) is 10.6 Å². The third kappa shape index (κ3) is 3.08. The molecule has 1 aliphatic carbocycles. The maximum Gasteiger partial charge on any atom is 0.318 e. The second-order valence-electron chi connectivity index (χ2n) is 7.57. The van der Waals surface area contributed by atoms with E-state index in [0.29, 0.717) is 30.9 Å². The first-order chi connectivity index (χ1) is 12.5.